The van der Waals surface area contributed by atoms with E-state index in [1.54, 1.807) is 10.6 Å². The molecule has 0 saturated heterocycles. The second-order valence-corrected chi connectivity index (χ2v) is 5.01. The molecule has 98 valence electrons. The van der Waals surface area contributed by atoms with Crippen LogP contribution < -0.4 is 0 Å². The predicted octanol–water partition coefficient (Wildman–Crippen LogP) is 3.78. The highest BCUT2D eigenvalue weighted by atomic mass is 16.3. The summed E-state index contributed by atoms with van der Waals surface area (Å²) in [6.45, 7) is 9.14. The van der Waals surface area contributed by atoms with Crippen LogP contribution in [-0.2, 0) is 12.0 Å². The zero-order chi connectivity index (χ0) is 13.1. The molecule has 17 heavy (non-hydrogen) atoms. The van der Waals surface area contributed by atoms with Gasteiger partial charge < -0.3 is 10.2 Å². The molecule has 1 aromatic heterocycles. The number of hydrogen-bond acceptors (Lipinski definition) is 2. The zero-order valence-corrected chi connectivity index (χ0v) is 11.5. The summed E-state index contributed by atoms with van der Waals surface area (Å²) < 4.78 is 1.61. The van der Waals surface area contributed by atoms with Crippen molar-refractivity contribution in [3.63, 3.8) is 0 Å². The van der Waals surface area contributed by atoms with Gasteiger partial charge in [-0.25, -0.2) is 0 Å². The Kier molecular flexibility index (Phi) is 4.49. The highest BCUT2D eigenvalue weighted by Crippen LogP contribution is 2.40. The molecule has 1 rings (SSSR count). The lowest BCUT2D eigenvalue weighted by atomic mass is 9.79. The van der Waals surface area contributed by atoms with Gasteiger partial charge in [0.15, 0.2) is 11.8 Å². The first-order chi connectivity index (χ1) is 8.00. The summed E-state index contributed by atoms with van der Waals surface area (Å²) in [6.07, 6.45) is 3.91. The van der Waals surface area contributed by atoms with Crippen LogP contribution in [0.4, 0.5) is 0 Å². The smallest absolute Gasteiger partial charge is 0.197 e. The Morgan fingerprint density at radius 1 is 1.18 bits per heavy atom. The van der Waals surface area contributed by atoms with E-state index >= 15 is 0 Å². The molecule has 0 aromatic carbocycles. The van der Waals surface area contributed by atoms with Gasteiger partial charge in [0.25, 0.3) is 0 Å². The molecule has 0 unspecified atom stereocenters. The molecule has 1 heterocycles. The first-order valence-corrected chi connectivity index (χ1v) is 6.62. The van der Waals surface area contributed by atoms with Crippen LogP contribution in [0.1, 0.15) is 58.9 Å². The lowest BCUT2D eigenvalue weighted by Crippen LogP contribution is -2.19. The molecular weight excluding hydrogens is 214 g/mol. The van der Waals surface area contributed by atoms with Gasteiger partial charge in [0.05, 0.1) is 0 Å². The summed E-state index contributed by atoms with van der Waals surface area (Å²) in [4.78, 5) is 0. The van der Waals surface area contributed by atoms with E-state index in [1.807, 2.05) is 0 Å². The van der Waals surface area contributed by atoms with Crippen molar-refractivity contribution < 1.29 is 10.2 Å². The van der Waals surface area contributed by atoms with Gasteiger partial charge in [-0.1, -0.05) is 34.1 Å². The number of hydrogen-bond donors (Lipinski definition) is 2. The van der Waals surface area contributed by atoms with Crippen LogP contribution in [0.5, 0.6) is 11.8 Å². The van der Waals surface area contributed by atoms with Gasteiger partial charge in [-0.3, -0.25) is 4.57 Å². The maximum Gasteiger partial charge on any atom is 0.197 e. The molecule has 0 aliphatic carbocycles. The van der Waals surface area contributed by atoms with Crippen LogP contribution in [0.15, 0.2) is 6.07 Å². The van der Waals surface area contributed by atoms with E-state index in [0.717, 1.165) is 31.2 Å². The molecule has 0 bridgehead atoms. The Labute approximate surface area is 104 Å². The molecule has 3 heteroatoms. The fraction of sp³-hybridized carbons (Fsp3) is 0.714. The normalized spacial score (nSPS) is 12.0. The minimum atomic E-state index is -0.0565. The van der Waals surface area contributed by atoms with Crippen molar-refractivity contribution in [2.75, 3.05) is 0 Å². The molecule has 0 radical (unpaired) electrons. The summed E-state index contributed by atoms with van der Waals surface area (Å²) in [7, 11) is 0. The first kappa shape index (κ1) is 13.9. The minimum Gasteiger partial charge on any atom is -0.494 e. The molecule has 0 aliphatic rings. The van der Waals surface area contributed by atoms with E-state index in [2.05, 4.69) is 27.7 Å². The third-order valence-electron chi connectivity index (χ3n) is 3.99. The van der Waals surface area contributed by atoms with Crippen molar-refractivity contribution >= 4 is 0 Å². The van der Waals surface area contributed by atoms with Gasteiger partial charge >= 0.3 is 0 Å². The number of aromatic hydroxyl groups is 2. The van der Waals surface area contributed by atoms with Crippen LogP contribution in [0.25, 0.3) is 0 Å². The molecule has 0 spiro atoms. The van der Waals surface area contributed by atoms with Gasteiger partial charge in [0.2, 0.25) is 0 Å². The lowest BCUT2D eigenvalue weighted by molar-refractivity contribution is 0.349. The summed E-state index contributed by atoms with van der Waals surface area (Å²) in [5, 5.41) is 20.1. The quantitative estimate of drug-likeness (QED) is 0.793. The molecule has 0 atom stereocenters. The molecule has 0 saturated carbocycles. The van der Waals surface area contributed by atoms with Crippen molar-refractivity contribution in [3.05, 3.63) is 11.6 Å². The second kappa shape index (κ2) is 5.48. The van der Waals surface area contributed by atoms with Crippen LogP contribution in [0.3, 0.4) is 0 Å². The van der Waals surface area contributed by atoms with E-state index in [9.17, 15) is 10.2 Å². The van der Waals surface area contributed by atoms with E-state index in [0.29, 0.717) is 6.54 Å². The zero-order valence-electron chi connectivity index (χ0n) is 11.5. The highest BCUT2D eigenvalue weighted by Gasteiger charge is 2.29. The summed E-state index contributed by atoms with van der Waals surface area (Å²) in [6, 6.07) is 1.72. The third kappa shape index (κ3) is 2.59. The number of unbranched alkanes of at least 4 members (excludes halogenated alkanes) is 1. The molecular formula is C14H25NO2. The van der Waals surface area contributed by atoms with Crippen molar-refractivity contribution in [3.8, 4) is 11.8 Å². The monoisotopic (exact) mass is 239 g/mol. The summed E-state index contributed by atoms with van der Waals surface area (Å²) in [5.41, 5.74) is 0.815. The molecule has 2 N–H and O–H groups in total. The molecule has 0 fully saturated rings. The minimum absolute atomic E-state index is 0.0565. The van der Waals surface area contributed by atoms with Crippen LogP contribution >= 0.6 is 0 Å². The SMILES string of the molecule is CCCCn1c(O)cc(C(C)(CC)CC)c1O. The second-order valence-electron chi connectivity index (χ2n) is 5.01. The fourth-order valence-electron chi connectivity index (χ4n) is 2.14. The number of nitrogens with zero attached hydrogens (tertiary/aromatic N) is 1. The van der Waals surface area contributed by atoms with E-state index in [-0.39, 0.29) is 17.2 Å². The standard InChI is InChI=1S/C14H25NO2/c1-5-8-9-15-12(16)10-11(13(15)17)14(4,6-2)7-3/h10,16-17H,5-9H2,1-4H3. The fourth-order valence-corrected chi connectivity index (χ4v) is 2.14. The lowest BCUT2D eigenvalue weighted by Gasteiger charge is -2.26. The number of rotatable bonds is 6. The van der Waals surface area contributed by atoms with Gasteiger partial charge in [-0.2, -0.15) is 0 Å². The van der Waals surface area contributed by atoms with E-state index in [1.165, 1.54) is 0 Å². The summed E-state index contributed by atoms with van der Waals surface area (Å²) in [5.74, 6) is 0.418. The Morgan fingerprint density at radius 2 is 1.76 bits per heavy atom. The maximum atomic E-state index is 10.2. The first-order valence-electron chi connectivity index (χ1n) is 6.62. The Hall–Kier alpha value is -1.12. The van der Waals surface area contributed by atoms with Crippen LogP contribution in [0.2, 0.25) is 0 Å². The molecule has 1 aromatic rings. The van der Waals surface area contributed by atoms with Crippen molar-refractivity contribution in [1.29, 1.82) is 0 Å². The van der Waals surface area contributed by atoms with Crippen molar-refractivity contribution in [2.24, 2.45) is 0 Å². The average Bonchev–Trinajstić information content (AvgIpc) is 2.62. The highest BCUT2D eigenvalue weighted by molar-refractivity contribution is 5.40. The third-order valence-corrected chi connectivity index (χ3v) is 3.99. The predicted molar refractivity (Wildman–Crippen MR) is 70.6 cm³/mol. The van der Waals surface area contributed by atoms with Crippen molar-refractivity contribution in [1.82, 2.24) is 4.57 Å². The maximum absolute atomic E-state index is 10.2. The largest absolute Gasteiger partial charge is 0.494 e. The average molecular weight is 239 g/mol. The van der Waals surface area contributed by atoms with Gasteiger partial charge in [0, 0.05) is 18.2 Å². The Morgan fingerprint density at radius 3 is 2.24 bits per heavy atom. The van der Waals surface area contributed by atoms with Gasteiger partial charge in [-0.05, 0) is 24.7 Å². The number of aromatic nitrogens is 1. The topological polar surface area (TPSA) is 45.4 Å². The molecule has 3 nitrogen and oxygen atoms in total. The Balaban J connectivity index is 3.11. The van der Waals surface area contributed by atoms with Crippen LogP contribution in [-0.4, -0.2) is 14.8 Å². The summed E-state index contributed by atoms with van der Waals surface area (Å²) >= 11 is 0. The molecule has 0 aliphatic heterocycles. The van der Waals surface area contributed by atoms with Gasteiger partial charge in [-0.15, -0.1) is 0 Å². The van der Waals surface area contributed by atoms with Crippen LogP contribution in [0, 0.1) is 0 Å². The van der Waals surface area contributed by atoms with Gasteiger partial charge in [0.1, 0.15) is 0 Å². The van der Waals surface area contributed by atoms with Crippen molar-refractivity contribution in [2.45, 2.75) is 65.3 Å². The Bertz CT molecular complexity index is 365. The molecule has 0 amide bonds. The van der Waals surface area contributed by atoms with E-state index in [4.69, 9.17) is 0 Å². The van der Waals surface area contributed by atoms with E-state index < -0.39 is 0 Å².